The molecule has 0 bridgehead atoms. The highest BCUT2D eigenvalue weighted by atomic mass is 16.6. The number of rotatable bonds is 5. The molecule has 1 aliphatic rings. The number of carbonyl (C=O) groups excluding carboxylic acids is 1. The highest BCUT2D eigenvalue weighted by Crippen LogP contribution is 2.28. The number of aromatic hydroxyl groups is 1. The van der Waals surface area contributed by atoms with Crippen molar-refractivity contribution in [2.45, 2.75) is 44.8 Å². The zero-order valence-corrected chi connectivity index (χ0v) is 13.3. The number of hydrogen-bond acceptors (Lipinski definition) is 4. The molecule has 1 aliphatic heterocycles. The number of carbonyl (C=O) groups is 1. The minimum absolute atomic E-state index is 0.163. The van der Waals surface area contributed by atoms with Crippen LogP contribution in [0.1, 0.15) is 32.3 Å². The fourth-order valence-corrected chi connectivity index (χ4v) is 2.97. The molecular weight excluding hydrogens is 282 g/mol. The van der Waals surface area contributed by atoms with Gasteiger partial charge in [-0.15, -0.1) is 0 Å². The number of hydrogen-bond donors (Lipinski definition) is 3. The average Bonchev–Trinajstić information content (AvgIpc) is 2.50. The third-order valence-electron chi connectivity index (χ3n) is 4.42. The number of nitrogens with two attached hydrogens (primary N) is 1. The second kappa shape index (κ2) is 7.11. The summed E-state index contributed by atoms with van der Waals surface area (Å²) in [6, 6.07) is 6.45. The van der Waals surface area contributed by atoms with Crippen molar-refractivity contribution in [3.63, 3.8) is 0 Å². The van der Waals surface area contributed by atoms with Crippen LogP contribution in [0.25, 0.3) is 0 Å². The standard InChI is InChI=1S/C17H25NO4/c1-17(2,13-7-9-18-10-8-13)22-16(21)15(20)11-12-3-5-14(19)6-4-12/h3-6,13,15,18-20H,7-11H2,1-2H3/p+1. The van der Waals surface area contributed by atoms with E-state index in [0.29, 0.717) is 5.92 Å². The lowest BCUT2D eigenvalue weighted by Gasteiger charge is -2.36. The third-order valence-corrected chi connectivity index (χ3v) is 4.42. The molecule has 1 saturated heterocycles. The van der Waals surface area contributed by atoms with Crippen molar-refractivity contribution in [1.82, 2.24) is 0 Å². The lowest BCUT2D eigenvalue weighted by atomic mass is 9.83. The van der Waals surface area contributed by atoms with Crippen molar-refractivity contribution in [3.05, 3.63) is 29.8 Å². The lowest BCUT2D eigenvalue weighted by Crippen LogP contribution is -2.86. The monoisotopic (exact) mass is 308 g/mol. The molecule has 122 valence electrons. The van der Waals surface area contributed by atoms with Crippen LogP contribution in [0.4, 0.5) is 0 Å². The molecule has 1 aromatic rings. The van der Waals surface area contributed by atoms with Crippen molar-refractivity contribution in [2.75, 3.05) is 13.1 Å². The molecule has 0 spiro atoms. The highest BCUT2D eigenvalue weighted by molar-refractivity contribution is 5.75. The van der Waals surface area contributed by atoms with Crippen LogP contribution in [0.15, 0.2) is 24.3 Å². The number of quaternary nitrogens is 1. The van der Waals surface area contributed by atoms with E-state index in [1.165, 1.54) is 12.1 Å². The van der Waals surface area contributed by atoms with Crippen LogP contribution < -0.4 is 5.32 Å². The van der Waals surface area contributed by atoms with Crippen LogP contribution in [-0.4, -0.2) is 41.0 Å². The minimum Gasteiger partial charge on any atom is -0.508 e. The van der Waals surface area contributed by atoms with Crippen LogP contribution in [0, 0.1) is 5.92 Å². The van der Waals surface area contributed by atoms with Gasteiger partial charge in [0.05, 0.1) is 13.1 Å². The third kappa shape index (κ3) is 4.45. The zero-order valence-electron chi connectivity index (χ0n) is 13.3. The van der Waals surface area contributed by atoms with E-state index >= 15 is 0 Å². The summed E-state index contributed by atoms with van der Waals surface area (Å²) in [6.45, 7) is 5.96. The summed E-state index contributed by atoms with van der Waals surface area (Å²) in [6.07, 6.45) is 1.05. The van der Waals surface area contributed by atoms with Crippen molar-refractivity contribution >= 4 is 5.97 Å². The Morgan fingerprint density at radius 2 is 1.91 bits per heavy atom. The number of piperidine rings is 1. The van der Waals surface area contributed by atoms with E-state index in [1.54, 1.807) is 12.1 Å². The Balaban J connectivity index is 1.90. The summed E-state index contributed by atoms with van der Waals surface area (Å²) in [7, 11) is 0. The van der Waals surface area contributed by atoms with E-state index in [0.717, 1.165) is 31.5 Å². The Labute approximate surface area is 131 Å². The second-order valence-electron chi connectivity index (χ2n) is 6.55. The van der Waals surface area contributed by atoms with Crippen LogP contribution in [0.3, 0.4) is 0 Å². The summed E-state index contributed by atoms with van der Waals surface area (Å²) in [5.41, 5.74) is 0.230. The largest absolute Gasteiger partial charge is 0.508 e. The molecule has 2 rings (SSSR count). The molecule has 1 fully saturated rings. The van der Waals surface area contributed by atoms with Gasteiger partial charge in [0.1, 0.15) is 11.4 Å². The Kier molecular flexibility index (Phi) is 5.42. The van der Waals surface area contributed by atoms with Crippen LogP contribution in [0.2, 0.25) is 0 Å². The van der Waals surface area contributed by atoms with Crippen molar-refractivity contribution in [3.8, 4) is 5.75 Å². The zero-order chi connectivity index (χ0) is 16.2. The first-order valence-corrected chi connectivity index (χ1v) is 7.89. The van der Waals surface area contributed by atoms with Gasteiger partial charge >= 0.3 is 5.97 Å². The molecule has 0 saturated carbocycles. The maximum atomic E-state index is 12.1. The van der Waals surface area contributed by atoms with E-state index in [9.17, 15) is 15.0 Å². The Hall–Kier alpha value is -1.59. The van der Waals surface area contributed by atoms with Gasteiger partial charge in [-0.25, -0.2) is 4.79 Å². The van der Waals surface area contributed by atoms with Crippen LogP contribution >= 0.6 is 0 Å². The molecule has 0 radical (unpaired) electrons. The summed E-state index contributed by atoms with van der Waals surface area (Å²) >= 11 is 0. The SMILES string of the molecule is CC(C)(OC(=O)C(O)Cc1ccc(O)cc1)C1CC[NH2+]CC1. The molecule has 1 heterocycles. The summed E-state index contributed by atoms with van der Waals surface area (Å²) < 4.78 is 5.58. The van der Waals surface area contributed by atoms with E-state index in [2.05, 4.69) is 5.32 Å². The van der Waals surface area contributed by atoms with E-state index in [-0.39, 0.29) is 12.2 Å². The lowest BCUT2D eigenvalue weighted by molar-refractivity contribution is -0.665. The first kappa shape index (κ1) is 16.8. The number of phenolic OH excluding ortho intramolecular Hbond substituents is 1. The van der Waals surface area contributed by atoms with Gasteiger partial charge in [0.15, 0.2) is 6.10 Å². The van der Waals surface area contributed by atoms with Crippen molar-refractivity contribution < 1.29 is 25.1 Å². The minimum atomic E-state index is -1.18. The van der Waals surface area contributed by atoms with Crippen molar-refractivity contribution in [1.29, 1.82) is 0 Å². The number of ether oxygens (including phenoxy) is 1. The molecular formula is C17H26NO4+. The summed E-state index contributed by atoms with van der Waals surface area (Å²) in [5, 5.41) is 21.6. The number of phenols is 1. The smallest absolute Gasteiger partial charge is 0.335 e. The molecule has 22 heavy (non-hydrogen) atoms. The first-order chi connectivity index (χ1) is 10.4. The van der Waals surface area contributed by atoms with Gasteiger partial charge in [-0.05, 0) is 31.5 Å². The second-order valence-corrected chi connectivity index (χ2v) is 6.55. The Morgan fingerprint density at radius 3 is 2.50 bits per heavy atom. The highest BCUT2D eigenvalue weighted by Gasteiger charge is 2.36. The molecule has 1 atom stereocenters. The normalized spacial score (nSPS) is 18.0. The molecule has 5 nitrogen and oxygen atoms in total. The number of aliphatic hydroxyl groups excluding tert-OH is 1. The Morgan fingerprint density at radius 1 is 1.32 bits per heavy atom. The maximum Gasteiger partial charge on any atom is 0.335 e. The first-order valence-electron chi connectivity index (χ1n) is 7.89. The van der Waals surface area contributed by atoms with Gasteiger partial charge in [-0.2, -0.15) is 0 Å². The average molecular weight is 308 g/mol. The quantitative estimate of drug-likeness (QED) is 0.695. The predicted octanol–water partition coefficient (Wildman–Crippen LogP) is 0.591. The van der Waals surface area contributed by atoms with Crippen molar-refractivity contribution in [2.24, 2.45) is 5.92 Å². The fourth-order valence-electron chi connectivity index (χ4n) is 2.97. The molecule has 1 unspecified atom stereocenters. The number of esters is 1. The van der Waals surface area contributed by atoms with Crippen LogP contribution in [0.5, 0.6) is 5.75 Å². The maximum absolute atomic E-state index is 12.1. The van der Waals surface area contributed by atoms with Gasteiger partial charge in [-0.1, -0.05) is 12.1 Å². The van der Waals surface area contributed by atoms with Gasteiger partial charge in [0.25, 0.3) is 0 Å². The molecule has 1 aromatic carbocycles. The van der Waals surface area contributed by atoms with E-state index < -0.39 is 17.7 Å². The van der Waals surface area contributed by atoms with Crippen LogP contribution in [-0.2, 0) is 16.0 Å². The Bertz CT molecular complexity index is 492. The number of aliphatic hydroxyl groups is 1. The van der Waals surface area contributed by atoms with Gasteiger partial charge in [-0.3, -0.25) is 0 Å². The molecule has 5 heteroatoms. The van der Waals surface area contributed by atoms with Gasteiger partial charge in [0, 0.05) is 25.2 Å². The van der Waals surface area contributed by atoms with E-state index in [4.69, 9.17) is 4.74 Å². The fraction of sp³-hybridized carbons (Fsp3) is 0.588. The molecule has 0 amide bonds. The van der Waals surface area contributed by atoms with Gasteiger partial charge < -0.3 is 20.3 Å². The number of benzene rings is 1. The molecule has 0 aromatic heterocycles. The van der Waals surface area contributed by atoms with Gasteiger partial charge in [0.2, 0.25) is 0 Å². The summed E-state index contributed by atoms with van der Waals surface area (Å²) in [4.78, 5) is 12.1. The predicted molar refractivity (Wildman–Crippen MR) is 82.4 cm³/mol. The molecule has 0 aliphatic carbocycles. The molecule has 4 N–H and O–H groups in total. The topological polar surface area (TPSA) is 83.4 Å². The summed E-state index contributed by atoms with van der Waals surface area (Å²) in [5.74, 6) is -0.0778. The van der Waals surface area contributed by atoms with E-state index in [1.807, 2.05) is 13.8 Å².